The highest BCUT2D eigenvalue weighted by Crippen LogP contribution is 2.19. The zero-order valence-corrected chi connectivity index (χ0v) is 32.5. The smallest absolute Gasteiger partial charge is 0.306 e. The minimum atomic E-state index is -0.701. The summed E-state index contributed by atoms with van der Waals surface area (Å²) in [6, 6.07) is 0. The zero-order valence-electron chi connectivity index (χ0n) is 32.5. The third-order valence-corrected chi connectivity index (χ3v) is 9.32. The number of esters is 1. The molecule has 0 bridgehead atoms. The molecule has 0 aliphatic carbocycles. The molecule has 0 aromatic rings. The van der Waals surface area contributed by atoms with E-state index in [0.717, 1.165) is 89.9 Å². The summed E-state index contributed by atoms with van der Waals surface area (Å²) >= 11 is 0. The molecule has 0 heterocycles. The minimum Gasteiger partial charge on any atom is -0.481 e. The zero-order chi connectivity index (χ0) is 35.7. The monoisotopic (exact) mass is 685 g/mol. The van der Waals surface area contributed by atoms with Crippen LogP contribution in [-0.2, 0) is 14.3 Å². The molecule has 0 radical (unpaired) electrons. The molecule has 49 heavy (non-hydrogen) atoms. The Bertz CT molecular complexity index is 824. The first-order valence-electron chi connectivity index (χ1n) is 21.1. The van der Waals surface area contributed by atoms with Crippen LogP contribution in [0, 0.1) is 0 Å². The standard InChI is InChI=1S/C45H80O4/c1-3-5-7-9-11-13-15-16-17-18-19-20-21-22-23-24-25-27-29-34-38-42-45(48)49-43(40-36-32-30-33-37-41-44(46)47)39-35-31-28-26-14-12-10-8-6-4-2/h5,7,11,13,16-17,19-20,43H,3-4,6,8-10,12,14-15,18,21-42H2,1-2H3,(H,46,47)/b7-5-,13-11-,17-16-,20-19-. The van der Waals surface area contributed by atoms with Gasteiger partial charge in [0.25, 0.3) is 0 Å². The SMILES string of the molecule is CC/C=C\C/C=C\C/C=C\C/C=C\CCCCCCCCCCC(=O)OC(CCCCCCCCCCCC)CCCCCCCC(=O)O. The van der Waals surface area contributed by atoms with Gasteiger partial charge in [-0.05, 0) is 77.0 Å². The number of aliphatic carboxylic acids is 1. The first-order valence-corrected chi connectivity index (χ1v) is 21.1. The molecule has 0 saturated carbocycles. The number of carboxylic acids is 1. The van der Waals surface area contributed by atoms with Crippen molar-refractivity contribution >= 4 is 11.9 Å². The van der Waals surface area contributed by atoms with Gasteiger partial charge in [-0.3, -0.25) is 9.59 Å². The predicted molar refractivity (Wildman–Crippen MR) is 213 cm³/mol. The van der Waals surface area contributed by atoms with E-state index in [9.17, 15) is 9.59 Å². The second-order valence-corrected chi connectivity index (χ2v) is 14.2. The van der Waals surface area contributed by atoms with E-state index in [2.05, 4.69) is 62.5 Å². The van der Waals surface area contributed by atoms with Crippen molar-refractivity contribution in [3.8, 4) is 0 Å². The third kappa shape index (κ3) is 40.2. The molecule has 1 atom stereocenters. The Morgan fingerprint density at radius 2 is 0.857 bits per heavy atom. The normalized spacial score (nSPS) is 12.7. The fourth-order valence-electron chi connectivity index (χ4n) is 6.23. The van der Waals surface area contributed by atoms with Crippen LogP contribution < -0.4 is 0 Å². The molecule has 0 fully saturated rings. The van der Waals surface area contributed by atoms with Crippen LogP contribution in [-0.4, -0.2) is 23.1 Å². The number of hydrogen-bond donors (Lipinski definition) is 1. The maximum absolute atomic E-state index is 12.7. The molecule has 4 nitrogen and oxygen atoms in total. The Morgan fingerprint density at radius 1 is 0.469 bits per heavy atom. The molecule has 0 saturated heterocycles. The molecule has 0 rings (SSSR count). The van der Waals surface area contributed by atoms with Gasteiger partial charge in [0.1, 0.15) is 6.10 Å². The van der Waals surface area contributed by atoms with Crippen molar-refractivity contribution in [3.63, 3.8) is 0 Å². The first kappa shape index (κ1) is 46.9. The van der Waals surface area contributed by atoms with E-state index in [1.165, 1.54) is 103 Å². The molecule has 4 heteroatoms. The van der Waals surface area contributed by atoms with Crippen molar-refractivity contribution in [2.75, 3.05) is 0 Å². The van der Waals surface area contributed by atoms with Crippen LogP contribution in [0.2, 0.25) is 0 Å². The lowest BCUT2D eigenvalue weighted by atomic mass is 10.0. The number of ether oxygens (including phenoxy) is 1. The highest BCUT2D eigenvalue weighted by molar-refractivity contribution is 5.69. The van der Waals surface area contributed by atoms with Gasteiger partial charge in [0, 0.05) is 12.8 Å². The van der Waals surface area contributed by atoms with E-state index in [4.69, 9.17) is 9.84 Å². The lowest BCUT2D eigenvalue weighted by Gasteiger charge is -2.18. The van der Waals surface area contributed by atoms with Gasteiger partial charge in [0.15, 0.2) is 0 Å². The number of unbranched alkanes of at least 4 members (excludes halogenated alkanes) is 21. The Hall–Kier alpha value is -2.10. The van der Waals surface area contributed by atoms with Crippen molar-refractivity contribution < 1.29 is 19.4 Å². The quantitative estimate of drug-likeness (QED) is 0.0399. The molecule has 0 spiro atoms. The maximum atomic E-state index is 12.7. The van der Waals surface area contributed by atoms with Crippen LogP contribution in [0.1, 0.15) is 219 Å². The summed E-state index contributed by atoms with van der Waals surface area (Å²) < 4.78 is 6.01. The Labute approximate surface area is 304 Å². The van der Waals surface area contributed by atoms with Gasteiger partial charge >= 0.3 is 11.9 Å². The summed E-state index contributed by atoms with van der Waals surface area (Å²) in [4.78, 5) is 23.4. The lowest BCUT2D eigenvalue weighted by molar-refractivity contribution is -0.150. The van der Waals surface area contributed by atoms with E-state index in [-0.39, 0.29) is 18.5 Å². The molecule has 0 aliphatic heterocycles. The third-order valence-electron chi connectivity index (χ3n) is 9.32. The van der Waals surface area contributed by atoms with Crippen molar-refractivity contribution in [2.24, 2.45) is 0 Å². The fourth-order valence-corrected chi connectivity index (χ4v) is 6.23. The molecule has 0 aromatic carbocycles. The van der Waals surface area contributed by atoms with E-state index in [1.807, 2.05) is 0 Å². The fraction of sp³-hybridized carbons (Fsp3) is 0.778. The molecule has 1 N–H and O–H groups in total. The summed E-state index contributed by atoms with van der Waals surface area (Å²) in [5, 5.41) is 8.82. The molecule has 0 amide bonds. The molecule has 0 aliphatic rings. The van der Waals surface area contributed by atoms with Gasteiger partial charge in [-0.1, -0.05) is 178 Å². The Morgan fingerprint density at radius 3 is 1.33 bits per heavy atom. The van der Waals surface area contributed by atoms with Crippen LogP contribution in [0.5, 0.6) is 0 Å². The summed E-state index contributed by atoms with van der Waals surface area (Å²) in [5.74, 6) is -0.706. The first-order chi connectivity index (χ1) is 24.1. The molecule has 1 unspecified atom stereocenters. The van der Waals surface area contributed by atoms with Crippen LogP contribution in [0.4, 0.5) is 0 Å². The molecule has 0 aromatic heterocycles. The van der Waals surface area contributed by atoms with Crippen molar-refractivity contribution in [1.82, 2.24) is 0 Å². The van der Waals surface area contributed by atoms with Gasteiger partial charge in [0.05, 0.1) is 0 Å². The van der Waals surface area contributed by atoms with Crippen LogP contribution in [0.3, 0.4) is 0 Å². The van der Waals surface area contributed by atoms with Crippen LogP contribution in [0.25, 0.3) is 0 Å². The number of allylic oxidation sites excluding steroid dienone is 8. The van der Waals surface area contributed by atoms with Gasteiger partial charge in [0.2, 0.25) is 0 Å². The summed E-state index contributed by atoms with van der Waals surface area (Å²) in [7, 11) is 0. The minimum absolute atomic E-state index is 0.00520. The van der Waals surface area contributed by atoms with E-state index < -0.39 is 5.97 Å². The van der Waals surface area contributed by atoms with E-state index in [1.54, 1.807) is 0 Å². The van der Waals surface area contributed by atoms with Gasteiger partial charge in [-0.15, -0.1) is 0 Å². The van der Waals surface area contributed by atoms with Gasteiger partial charge in [-0.25, -0.2) is 0 Å². The van der Waals surface area contributed by atoms with Gasteiger partial charge in [-0.2, -0.15) is 0 Å². The average Bonchev–Trinajstić information content (AvgIpc) is 3.09. The molecular weight excluding hydrogens is 604 g/mol. The highest BCUT2D eigenvalue weighted by Gasteiger charge is 2.14. The number of hydrogen-bond acceptors (Lipinski definition) is 3. The van der Waals surface area contributed by atoms with Crippen LogP contribution >= 0.6 is 0 Å². The number of rotatable bonds is 38. The summed E-state index contributed by atoms with van der Waals surface area (Å²) in [6.07, 6.45) is 54.2. The van der Waals surface area contributed by atoms with Crippen molar-refractivity contribution in [2.45, 2.75) is 225 Å². The van der Waals surface area contributed by atoms with E-state index >= 15 is 0 Å². The van der Waals surface area contributed by atoms with E-state index in [0.29, 0.717) is 6.42 Å². The lowest BCUT2D eigenvalue weighted by Crippen LogP contribution is -2.18. The Kier molecular flexibility index (Phi) is 38.6. The van der Waals surface area contributed by atoms with Gasteiger partial charge < -0.3 is 9.84 Å². The largest absolute Gasteiger partial charge is 0.481 e. The van der Waals surface area contributed by atoms with Crippen molar-refractivity contribution in [1.29, 1.82) is 0 Å². The second kappa shape index (κ2) is 40.3. The number of carbonyl (C=O) groups excluding carboxylic acids is 1. The molecular formula is C45H80O4. The summed E-state index contributed by atoms with van der Waals surface area (Å²) in [5.41, 5.74) is 0. The summed E-state index contributed by atoms with van der Waals surface area (Å²) in [6.45, 7) is 4.44. The average molecular weight is 685 g/mol. The topological polar surface area (TPSA) is 63.6 Å². The number of carbonyl (C=O) groups is 2. The second-order valence-electron chi connectivity index (χ2n) is 14.2. The molecule has 284 valence electrons. The van der Waals surface area contributed by atoms with Crippen molar-refractivity contribution in [3.05, 3.63) is 48.6 Å². The van der Waals surface area contributed by atoms with Crippen LogP contribution in [0.15, 0.2) is 48.6 Å². The maximum Gasteiger partial charge on any atom is 0.306 e. The predicted octanol–water partition coefficient (Wildman–Crippen LogP) is 14.7. The highest BCUT2D eigenvalue weighted by atomic mass is 16.5. The number of carboxylic acid groups (broad SMARTS) is 1. The Balaban J connectivity index is 3.95.